The van der Waals surface area contributed by atoms with E-state index < -0.39 is 0 Å². The lowest BCUT2D eigenvalue weighted by atomic mass is 10.2. The summed E-state index contributed by atoms with van der Waals surface area (Å²) >= 11 is 1.44. The second-order valence-corrected chi connectivity index (χ2v) is 7.59. The molecule has 2 aromatic carbocycles. The molecular formula is C22H22N4O2S. The number of hydrogen-bond donors (Lipinski definition) is 0. The van der Waals surface area contributed by atoms with E-state index in [1.165, 1.54) is 11.3 Å². The van der Waals surface area contributed by atoms with Gasteiger partial charge < -0.3 is 0 Å². The zero-order valence-electron chi connectivity index (χ0n) is 16.4. The van der Waals surface area contributed by atoms with Crippen LogP contribution in [0.5, 0.6) is 0 Å². The van der Waals surface area contributed by atoms with Crippen LogP contribution < -0.4 is 10.6 Å². The van der Waals surface area contributed by atoms with Gasteiger partial charge in [-0.05, 0) is 38.1 Å². The average molecular weight is 407 g/mol. The van der Waals surface area contributed by atoms with Gasteiger partial charge in [0, 0.05) is 24.9 Å². The molecule has 0 fully saturated rings. The molecule has 148 valence electrons. The number of fused-ring (bicyclic) bond motifs is 1. The number of benzene rings is 2. The molecule has 0 aliphatic heterocycles. The van der Waals surface area contributed by atoms with E-state index in [9.17, 15) is 9.59 Å². The molecule has 0 saturated heterocycles. The van der Waals surface area contributed by atoms with Gasteiger partial charge in [-0.2, -0.15) is 0 Å². The second kappa shape index (κ2) is 8.05. The Hall–Kier alpha value is -3.19. The average Bonchev–Trinajstić information content (AvgIpc) is 3.27. The summed E-state index contributed by atoms with van der Waals surface area (Å²) in [6.07, 6.45) is 0.200. The Balaban J connectivity index is 1.65. The Morgan fingerprint density at radius 3 is 2.31 bits per heavy atom. The van der Waals surface area contributed by atoms with E-state index in [4.69, 9.17) is 0 Å². The van der Waals surface area contributed by atoms with E-state index in [-0.39, 0.29) is 18.0 Å². The van der Waals surface area contributed by atoms with Crippen LogP contribution in [0.25, 0.3) is 11.0 Å². The maximum atomic E-state index is 13.2. The van der Waals surface area contributed by atoms with E-state index in [0.717, 1.165) is 22.4 Å². The van der Waals surface area contributed by atoms with Crippen molar-refractivity contribution in [2.45, 2.75) is 33.4 Å². The minimum Gasteiger partial charge on any atom is -0.292 e. The van der Waals surface area contributed by atoms with Crippen molar-refractivity contribution >= 4 is 39.1 Å². The lowest BCUT2D eigenvalue weighted by Crippen LogP contribution is -2.29. The number of thiazole rings is 1. The van der Waals surface area contributed by atoms with Crippen LogP contribution in [-0.2, 0) is 17.9 Å². The molecular weight excluding hydrogens is 384 g/mol. The molecule has 0 saturated carbocycles. The third kappa shape index (κ3) is 3.61. The van der Waals surface area contributed by atoms with Gasteiger partial charge in [0.25, 0.3) is 0 Å². The lowest BCUT2D eigenvalue weighted by molar-refractivity contribution is -0.118. The van der Waals surface area contributed by atoms with Crippen LogP contribution in [0.4, 0.5) is 10.8 Å². The molecule has 0 radical (unpaired) electrons. The van der Waals surface area contributed by atoms with Crippen LogP contribution in [0.2, 0.25) is 0 Å². The van der Waals surface area contributed by atoms with Crippen molar-refractivity contribution in [2.75, 3.05) is 4.90 Å². The van der Waals surface area contributed by atoms with Crippen molar-refractivity contribution < 1.29 is 4.79 Å². The Bertz CT molecular complexity index is 1210. The molecule has 4 aromatic rings. The molecule has 2 aromatic heterocycles. The van der Waals surface area contributed by atoms with Crippen molar-refractivity contribution in [1.82, 2.24) is 14.1 Å². The Morgan fingerprint density at radius 2 is 1.69 bits per heavy atom. The highest BCUT2D eigenvalue weighted by atomic mass is 32.1. The Kier molecular flexibility index (Phi) is 5.31. The number of nitrogens with zero attached hydrogens (tertiary/aromatic N) is 4. The number of aromatic nitrogens is 3. The normalized spacial score (nSPS) is 11.1. The van der Waals surface area contributed by atoms with Gasteiger partial charge in [-0.25, -0.2) is 9.78 Å². The number of carbonyl (C=O) groups is 1. The molecule has 0 unspecified atom stereocenters. The highest BCUT2D eigenvalue weighted by Crippen LogP contribution is 2.29. The summed E-state index contributed by atoms with van der Waals surface area (Å²) in [6.45, 7) is 4.77. The van der Waals surface area contributed by atoms with Gasteiger partial charge in [0.2, 0.25) is 5.91 Å². The van der Waals surface area contributed by atoms with Crippen molar-refractivity contribution in [2.24, 2.45) is 0 Å². The van der Waals surface area contributed by atoms with Crippen molar-refractivity contribution in [1.29, 1.82) is 0 Å². The summed E-state index contributed by atoms with van der Waals surface area (Å²) in [5.74, 6) is -0.0919. The zero-order chi connectivity index (χ0) is 20.4. The van der Waals surface area contributed by atoms with Gasteiger partial charge >= 0.3 is 5.69 Å². The first-order valence-electron chi connectivity index (χ1n) is 9.58. The van der Waals surface area contributed by atoms with Gasteiger partial charge in [-0.1, -0.05) is 30.3 Å². The highest BCUT2D eigenvalue weighted by molar-refractivity contribution is 7.14. The molecule has 2 heterocycles. The first kappa shape index (κ1) is 19.1. The molecule has 0 aliphatic rings. The summed E-state index contributed by atoms with van der Waals surface area (Å²) < 4.78 is 3.42. The molecule has 0 spiro atoms. The topological polar surface area (TPSA) is 60.1 Å². The van der Waals surface area contributed by atoms with Gasteiger partial charge in [0.05, 0.1) is 22.4 Å². The SMILES string of the molecule is CCn1c(=O)n(CCC(=O)N(c2ccccc2)c2nc(C)cs2)c2ccccc21. The monoisotopic (exact) mass is 406 g/mol. The third-order valence-corrected chi connectivity index (χ3v) is 5.80. The number of aryl methyl sites for hydroxylation is 3. The summed E-state index contributed by atoms with van der Waals surface area (Å²) in [5.41, 5.74) is 3.31. The summed E-state index contributed by atoms with van der Waals surface area (Å²) in [4.78, 5) is 32.2. The molecule has 29 heavy (non-hydrogen) atoms. The van der Waals surface area contributed by atoms with Crippen molar-refractivity contribution in [3.05, 3.63) is 76.2 Å². The Morgan fingerprint density at radius 1 is 1.03 bits per heavy atom. The number of carbonyl (C=O) groups excluding carboxylic acids is 1. The predicted octanol–water partition coefficient (Wildman–Crippen LogP) is 4.34. The molecule has 0 N–H and O–H groups in total. The Labute approximate surface area is 172 Å². The minimum atomic E-state index is -0.0919. The van der Waals surface area contributed by atoms with E-state index in [2.05, 4.69) is 4.98 Å². The highest BCUT2D eigenvalue weighted by Gasteiger charge is 2.21. The van der Waals surface area contributed by atoms with Crippen molar-refractivity contribution in [3.8, 4) is 0 Å². The fourth-order valence-electron chi connectivity index (χ4n) is 3.50. The summed E-state index contributed by atoms with van der Waals surface area (Å²) in [7, 11) is 0. The molecule has 1 amide bonds. The first-order valence-corrected chi connectivity index (χ1v) is 10.5. The van der Waals surface area contributed by atoms with E-state index in [0.29, 0.717) is 18.2 Å². The maximum Gasteiger partial charge on any atom is 0.329 e. The molecule has 6 nitrogen and oxygen atoms in total. The van der Waals surface area contributed by atoms with Crippen LogP contribution in [0.1, 0.15) is 19.0 Å². The number of hydrogen-bond acceptors (Lipinski definition) is 4. The van der Waals surface area contributed by atoms with Gasteiger partial charge in [-0.15, -0.1) is 11.3 Å². The quantitative estimate of drug-likeness (QED) is 0.478. The number of amides is 1. The van der Waals surface area contributed by atoms with E-state index in [1.54, 1.807) is 14.0 Å². The summed E-state index contributed by atoms with van der Waals surface area (Å²) in [6, 6.07) is 17.2. The van der Waals surface area contributed by atoms with E-state index >= 15 is 0 Å². The third-order valence-electron chi connectivity index (χ3n) is 4.85. The fourth-order valence-corrected chi connectivity index (χ4v) is 4.33. The number of imidazole rings is 1. The lowest BCUT2D eigenvalue weighted by Gasteiger charge is -2.20. The van der Waals surface area contributed by atoms with Gasteiger partial charge in [-0.3, -0.25) is 18.8 Å². The maximum absolute atomic E-state index is 13.2. The van der Waals surface area contributed by atoms with E-state index in [1.807, 2.05) is 73.8 Å². The first-order chi connectivity index (χ1) is 14.1. The second-order valence-electron chi connectivity index (χ2n) is 6.75. The van der Waals surface area contributed by atoms with Crippen LogP contribution in [0, 0.1) is 6.92 Å². The van der Waals surface area contributed by atoms with Gasteiger partial charge in [0.1, 0.15) is 0 Å². The van der Waals surface area contributed by atoms with Crippen LogP contribution in [0.15, 0.2) is 64.8 Å². The predicted molar refractivity (Wildman–Crippen MR) is 117 cm³/mol. The van der Waals surface area contributed by atoms with Crippen LogP contribution in [-0.4, -0.2) is 20.0 Å². The summed E-state index contributed by atoms with van der Waals surface area (Å²) in [5, 5.41) is 2.57. The fraction of sp³-hybridized carbons (Fsp3) is 0.227. The minimum absolute atomic E-state index is 0.0853. The molecule has 0 atom stereocenters. The van der Waals surface area contributed by atoms with Gasteiger partial charge in [0.15, 0.2) is 5.13 Å². The number of rotatable bonds is 6. The largest absolute Gasteiger partial charge is 0.329 e. The molecule has 4 rings (SSSR count). The van der Waals surface area contributed by atoms with Crippen molar-refractivity contribution in [3.63, 3.8) is 0 Å². The molecule has 7 heteroatoms. The smallest absolute Gasteiger partial charge is 0.292 e. The molecule has 0 bridgehead atoms. The standard InChI is InChI=1S/C22H22N4O2S/c1-3-24-18-11-7-8-12-19(18)25(22(24)28)14-13-20(27)26(17-9-5-4-6-10-17)21-23-16(2)15-29-21/h4-12,15H,3,13-14H2,1-2H3. The number of anilines is 2. The van der Waals surface area contributed by atoms with Crippen LogP contribution >= 0.6 is 11.3 Å². The zero-order valence-corrected chi connectivity index (χ0v) is 17.2. The molecule has 0 aliphatic carbocycles. The number of para-hydroxylation sites is 3. The van der Waals surface area contributed by atoms with Crippen LogP contribution in [0.3, 0.4) is 0 Å².